The summed E-state index contributed by atoms with van der Waals surface area (Å²) >= 11 is 4.71. The fourth-order valence-electron chi connectivity index (χ4n) is 1.49. The summed E-state index contributed by atoms with van der Waals surface area (Å²) in [5.41, 5.74) is 0. The smallest absolute Gasteiger partial charge is 0.206 e. The lowest BCUT2D eigenvalue weighted by Gasteiger charge is -1.98. The van der Waals surface area contributed by atoms with Crippen molar-refractivity contribution in [1.82, 2.24) is 20.2 Å². The highest BCUT2D eigenvalue weighted by Crippen LogP contribution is 2.29. The van der Waals surface area contributed by atoms with Gasteiger partial charge in [-0.3, -0.25) is 0 Å². The summed E-state index contributed by atoms with van der Waals surface area (Å²) in [5.74, 6) is 0. The van der Waals surface area contributed by atoms with Crippen LogP contribution >= 0.6 is 34.4 Å². The Morgan fingerprint density at radius 2 is 2.05 bits per heavy atom. The Bertz CT molecular complexity index is 638. The van der Waals surface area contributed by atoms with Gasteiger partial charge in [0.1, 0.15) is 0 Å². The maximum Gasteiger partial charge on any atom is 0.206 e. The number of hydrogen-bond acceptors (Lipinski definition) is 8. The topological polar surface area (TPSA) is 63.6 Å². The van der Waals surface area contributed by atoms with Crippen LogP contribution in [-0.4, -0.2) is 26.7 Å². The first-order chi connectivity index (χ1) is 9.90. The van der Waals surface area contributed by atoms with Crippen molar-refractivity contribution >= 4 is 39.6 Å². The van der Waals surface area contributed by atoms with E-state index in [4.69, 9.17) is 0 Å². The minimum absolute atomic E-state index is 0.689. The van der Waals surface area contributed by atoms with Crippen LogP contribution in [0.2, 0.25) is 0 Å². The molecule has 5 nitrogen and oxygen atoms in total. The first-order valence-corrected chi connectivity index (χ1v) is 8.46. The summed E-state index contributed by atoms with van der Waals surface area (Å²) in [5, 5.41) is 15.1. The van der Waals surface area contributed by atoms with Crippen LogP contribution in [0.25, 0.3) is 0 Å². The SMILES string of the molecule is c1cnc(Sc2nnc(NCCc3cccs3)s2)nc1. The van der Waals surface area contributed by atoms with Gasteiger partial charge in [-0.25, -0.2) is 9.97 Å². The molecule has 0 aliphatic rings. The molecule has 0 spiro atoms. The predicted octanol–water partition coefficient (Wildman–Crippen LogP) is 3.20. The molecule has 0 aromatic carbocycles. The minimum atomic E-state index is 0.689. The lowest BCUT2D eigenvalue weighted by atomic mass is 10.3. The van der Waals surface area contributed by atoms with Crippen LogP contribution in [0.4, 0.5) is 5.13 Å². The molecule has 0 amide bonds. The van der Waals surface area contributed by atoms with E-state index in [1.807, 2.05) is 0 Å². The first-order valence-electron chi connectivity index (χ1n) is 5.95. The van der Waals surface area contributed by atoms with Crippen molar-refractivity contribution < 1.29 is 0 Å². The van der Waals surface area contributed by atoms with Gasteiger partial charge < -0.3 is 5.32 Å². The standard InChI is InChI=1S/C12H11N5S3/c1-3-9(18-8-1)4-7-15-11-16-17-12(20-11)19-10-13-5-2-6-14-10/h1-3,5-6,8H,4,7H2,(H,15,16). The number of aromatic nitrogens is 4. The zero-order chi connectivity index (χ0) is 13.6. The molecule has 0 atom stereocenters. The lowest BCUT2D eigenvalue weighted by molar-refractivity contribution is 0.950. The van der Waals surface area contributed by atoms with Gasteiger partial charge in [-0.05, 0) is 35.7 Å². The summed E-state index contributed by atoms with van der Waals surface area (Å²) in [4.78, 5) is 9.67. The molecule has 8 heteroatoms. The number of nitrogens with one attached hydrogen (secondary N) is 1. The normalized spacial score (nSPS) is 10.6. The zero-order valence-electron chi connectivity index (χ0n) is 10.4. The summed E-state index contributed by atoms with van der Waals surface area (Å²) in [6, 6.07) is 6.00. The molecule has 3 aromatic heterocycles. The third-order valence-corrected chi connectivity index (χ3v) is 5.12. The molecule has 0 fully saturated rings. The Balaban J connectivity index is 1.52. The molecule has 20 heavy (non-hydrogen) atoms. The van der Waals surface area contributed by atoms with Crippen LogP contribution in [0.1, 0.15) is 4.88 Å². The summed E-state index contributed by atoms with van der Waals surface area (Å²) in [6.45, 7) is 0.863. The highest BCUT2D eigenvalue weighted by atomic mass is 32.2. The third kappa shape index (κ3) is 3.75. The molecular formula is C12H11N5S3. The Morgan fingerprint density at radius 3 is 2.85 bits per heavy atom. The van der Waals surface area contributed by atoms with E-state index in [0.29, 0.717) is 5.16 Å². The van der Waals surface area contributed by atoms with Crippen molar-refractivity contribution in [3.63, 3.8) is 0 Å². The van der Waals surface area contributed by atoms with Gasteiger partial charge in [0, 0.05) is 23.8 Å². The Kier molecular flexibility index (Phi) is 4.57. The Morgan fingerprint density at radius 1 is 1.15 bits per heavy atom. The molecule has 102 valence electrons. The molecule has 3 rings (SSSR count). The quantitative estimate of drug-likeness (QED) is 0.703. The lowest BCUT2D eigenvalue weighted by Crippen LogP contribution is -2.03. The molecule has 0 unspecified atom stereocenters. The molecule has 0 saturated heterocycles. The van der Waals surface area contributed by atoms with E-state index >= 15 is 0 Å². The fraction of sp³-hybridized carbons (Fsp3) is 0.167. The van der Waals surface area contributed by atoms with Crippen LogP contribution in [0.3, 0.4) is 0 Å². The van der Waals surface area contributed by atoms with Gasteiger partial charge in [0.2, 0.25) is 5.13 Å². The molecule has 0 aliphatic carbocycles. The number of hydrogen-bond donors (Lipinski definition) is 1. The molecular weight excluding hydrogens is 310 g/mol. The first kappa shape index (κ1) is 13.5. The highest BCUT2D eigenvalue weighted by Gasteiger charge is 2.07. The predicted molar refractivity (Wildman–Crippen MR) is 82.6 cm³/mol. The van der Waals surface area contributed by atoms with Crippen LogP contribution in [0.15, 0.2) is 45.5 Å². The third-order valence-electron chi connectivity index (χ3n) is 2.35. The average Bonchev–Trinajstić information content (AvgIpc) is 3.12. The van der Waals surface area contributed by atoms with Gasteiger partial charge in [-0.2, -0.15) is 0 Å². The van der Waals surface area contributed by atoms with Crippen molar-refractivity contribution in [2.45, 2.75) is 15.9 Å². The van der Waals surface area contributed by atoms with Gasteiger partial charge in [-0.1, -0.05) is 17.4 Å². The maximum atomic E-state index is 4.15. The van der Waals surface area contributed by atoms with E-state index in [9.17, 15) is 0 Å². The minimum Gasteiger partial charge on any atom is -0.360 e. The van der Waals surface area contributed by atoms with Crippen molar-refractivity contribution in [1.29, 1.82) is 0 Å². The molecule has 0 aliphatic heterocycles. The van der Waals surface area contributed by atoms with Crippen molar-refractivity contribution in [3.05, 3.63) is 40.8 Å². The summed E-state index contributed by atoms with van der Waals surface area (Å²) < 4.78 is 0.842. The Hall–Kier alpha value is -1.51. The monoisotopic (exact) mass is 321 g/mol. The van der Waals surface area contributed by atoms with Gasteiger partial charge in [0.15, 0.2) is 9.50 Å². The Labute approximate surface area is 128 Å². The fourth-order valence-corrected chi connectivity index (χ4v) is 3.79. The number of rotatable bonds is 6. The van der Waals surface area contributed by atoms with E-state index in [1.165, 1.54) is 28.0 Å². The molecule has 3 heterocycles. The molecule has 0 bridgehead atoms. The summed E-state index contributed by atoms with van der Waals surface area (Å²) in [7, 11) is 0. The molecule has 3 aromatic rings. The van der Waals surface area contributed by atoms with Gasteiger partial charge in [0.05, 0.1) is 0 Å². The number of thiophene rings is 1. The summed E-state index contributed by atoms with van der Waals surface area (Å²) in [6.07, 6.45) is 4.44. The van der Waals surface area contributed by atoms with Crippen molar-refractivity contribution in [2.75, 3.05) is 11.9 Å². The largest absolute Gasteiger partial charge is 0.360 e. The van der Waals surface area contributed by atoms with E-state index in [2.05, 4.69) is 43.0 Å². The highest BCUT2D eigenvalue weighted by molar-refractivity contribution is 8.00. The van der Waals surface area contributed by atoms with Gasteiger partial charge in [0.25, 0.3) is 0 Å². The maximum absolute atomic E-state index is 4.15. The van der Waals surface area contributed by atoms with Crippen molar-refractivity contribution in [3.8, 4) is 0 Å². The van der Waals surface area contributed by atoms with E-state index in [0.717, 1.165) is 22.4 Å². The van der Waals surface area contributed by atoms with Crippen LogP contribution < -0.4 is 5.32 Å². The van der Waals surface area contributed by atoms with Crippen LogP contribution in [0, 0.1) is 0 Å². The second-order valence-corrected chi connectivity index (χ2v) is 6.99. The molecule has 0 radical (unpaired) electrons. The van der Waals surface area contributed by atoms with Gasteiger partial charge in [-0.15, -0.1) is 21.5 Å². The van der Waals surface area contributed by atoms with Gasteiger partial charge >= 0.3 is 0 Å². The zero-order valence-corrected chi connectivity index (χ0v) is 12.8. The van der Waals surface area contributed by atoms with Crippen molar-refractivity contribution in [2.24, 2.45) is 0 Å². The second-order valence-electron chi connectivity index (χ2n) is 3.76. The van der Waals surface area contributed by atoms with E-state index < -0.39 is 0 Å². The van der Waals surface area contributed by atoms with E-state index in [-0.39, 0.29) is 0 Å². The van der Waals surface area contributed by atoms with E-state index in [1.54, 1.807) is 29.8 Å². The second kappa shape index (κ2) is 6.78. The molecule has 1 N–H and O–H groups in total. The van der Waals surface area contributed by atoms with Crippen LogP contribution in [-0.2, 0) is 6.42 Å². The average molecular weight is 321 g/mol. The number of anilines is 1. The molecule has 0 saturated carbocycles. The van der Waals surface area contributed by atoms with Crippen LogP contribution in [0.5, 0.6) is 0 Å². The number of nitrogens with zero attached hydrogens (tertiary/aromatic N) is 4.